The van der Waals surface area contributed by atoms with E-state index >= 15 is 0 Å². The van der Waals surface area contributed by atoms with Crippen molar-refractivity contribution in [3.8, 4) is 0 Å². The van der Waals surface area contributed by atoms with Crippen molar-refractivity contribution in [1.29, 1.82) is 0 Å². The smallest absolute Gasteiger partial charge is 0.319 e. The first-order valence-electron chi connectivity index (χ1n) is 7.21. The van der Waals surface area contributed by atoms with Crippen LogP contribution in [0.3, 0.4) is 0 Å². The number of benzene rings is 1. The van der Waals surface area contributed by atoms with E-state index in [0.717, 1.165) is 11.3 Å². The molecule has 114 valence electrons. The fraction of sp³-hybridized carbons (Fsp3) is 0.500. The van der Waals surface area contributed by atoms with Crippen LogP contribution in [0.15, 0.2) is 24.3 Å². The number of likely N-dealkylation sites (tertiary alicyclic amines) is 1. The molecule has 0 bridgehead atoms. The predicted octanol–water partition coefficient (Wildman–Crippen LogP) is 2.52. The summed E-state index contributed by atoms with van der Waals surface area (Å²) in [7, 11) is 0. The Bertz CT molecular complexity index is 549. The molecule has 1 aliphatic rings. The SMILES string of the molecule is Cc1ccccc1NC(=O)NC1CC(=O)N(C(C)(C)C)C1. The van der Waals surface area contributed by atoms with Crippen LogP contribution in [0.1, 0.15) is 32.8 Å². The first kappa shape index (κ1) is 15.4. The van der Waals surface area contributed by atoms with Crippen LogP contribution < -0.4 is 10.6 Å². The zero-order valence-corrected chi connectivity index (χ0v) is 13.1. The zero-order chi connectivity index (χ0) is 15.6. The molecular weight excluding hydrogens is 266 g/mol. The molecule has 1 aromatic carbocycles. The molecule has 0 radical (unpaired) electrons. The van der Waals surface area contributed by atoms with Crippen LogP contribution in [-0.4, -0.2) is 35.0 Å². The largest absolute Gasteiger partial charge is 0.336 e. The molecule has 2 rings (SSSR count). The Kier molecular flexibility index (Phi) is 4.21. The number of aryl methyl sites for hydroxylation is 1. The van der Waals surface area contributed by atoms with Crippen molar-refractivity contribution in [2.24, 2.45) is 0 Å². The molecule has 1 aromatic rings. The van der Waals surface area contributed by atoms with Gasteiger partial charge in [-0.3, -0.25) is 4.79 Å². The third-order valence-electron chi connectivity index (χ3n) is 3.66. The van der Waals surface area contributed by atoms with Crippen molar-refractivity contribution in [3.63, 3.8) is 0 Å². The van der Waals surface area contributed by atoms with Crippen LogP contribution in [0.2, 0.25) is 0 Å². The maximum absolute atomic E-state index is 12.0. The van der Waals surface area contributed by atoms with Gasteiger partial charge >= 0.3 is 6.03 Å². The number of hydrogen-bond acceptors (Lipinski definition) is 2. The van der Waals surface area contributed by atoms with Crippen LogP contribution in [0, 0.1) is 6.92 Å². The molecule has 1 saturated heterocycles. The number of amides is 3. The van der Waals surface area contributed by atoms with E-state index in [2.05, 4.69) is 10.6 Å². The van der Waals surface area contributed by atoms with Gasteiger partial charge in [0.1, 0.15) is 0 Å². The second-order valence-corrected chi connectivity index (χ2v) is 6.49. The molecule has 1 atom stereocenters. The molecule has 21 heavy (non-hydrogen) atoms. The van der Waals surface area contributed by atoms with Gasteiger partial charge in [-0.25, -0.2) is 4.79 Å². The molecule has 1 heterocycles. The molecular formula is C16H23N3O2. The Labute approximate surface area is 125 Å². The fourth-order valence-corrected chi connectivity index (χ4v) is 2.51. The number of para-hydroxylation sites is 1. The van der Waals surface area contributed by atoms with E-state index in [-0.39, 0.29) is 23.5 Å². The second-order valence-electron chi connectivity index (χ2n) is 6.49. The van der Waals surface area contributed by atoms with E-state index in [1.165, 1.54) is 0 Å². The summed E-state index contributed by atoms with van der Waals surface area (Å²) in [5, 5.41) is 5.70. The molecule has 1 fully saturated rings. The number of urea groups is 1. The summed E-state index contributed by atoms with van der Waals surface area (Å²) in [5.41, 5.74) is 1.58. The molecule has 1 unspecified atom stereocenters. The minimum absolute atomic E-state index is 0.0868. The van der Waals surface area contributed by atoms with Crippen LogP contribution in [0.5, 0.6) is 0 Å². The zero-order valence-electron chi connectivity index (χ0n) is 13.1. The standard InChI is InChI=1S/C16H23N3O2/c1-11-7-5-6-8-13(11)18-15(21)17-12-9-14(20)19(10-12)16(2,3)4/h5-8,12H,9-10H2,1-4H3,(H2,17,18,21). The van der Waals surface area contributed by atoms with Crippen molar-refractivity contribution in [2.75, 3.05) is 11.9 Å². The van der Waals surface area contributed by atoms with Gasteiger partial charge < -0.3 is 15.5 Å². The minimum Gasteiger partial charge on any atom is -0.336 e. The van der Waals surface area contributed by atoms with Gasteiger partial charge in [0, 0.05) is 24.2 Å². The highest BCUT2D eigenvalue weighted by Crippen LogP contribution is 2.22. The molecule has 0 aliphatic carbocycles. The van der Waals surface area contributed by atoms with Crippen LogP contribution >= 0.6 is 0 Å². The summed E-state index contributed by atoms with van der Waals surface area (Å²) < 4.78 is 0. The molecule has 5 heteroatoms. The Hall–Kier alpha value is -2.04. The lowest BCUT2D eigenvalue weighted by Gasteiger charge is -2.32. The summed E-state index contributed by atoms with van der Waals surface area (Å²) in [6.45, 7) is 8.50. The van der Waals surface area contributed by atoms with Crippen LogP contribution in [-0.2, 0) is 4.79 Å². The van der Waals surface area contributed by atoms with Gasteiger partial charge in [-0.1, -0.05) is 18.2 Å². The van der Waals surface area contributed by atoms with Gasteiger partial charge in [-0.2, -0.15) is 0 Å². The number of nitrogens with one attached hydrogen (secondary N) is 2. The third kappa shape index (κ3) is 3.74. The summed E-state index contributed by atoms with van der Waals surface area (Å²) in [4.78, 5) is 25.8. The molecule has 0 aromatic heterocycles. The third-order valence-corrected chi connectivity index (χ3v) is 3.66. The minimum atomic E-state index is -0.266. The summed E-state index contributed by atoms with van der Waals surface area (Å²) in [6, 6.07) is 7.20. The van der Waals surface area contributed by atoms with Crippen LogP contribution in [0.4, 0.5) is 10.5 Å². The molecule has 2 N–H and O–H groups in total. The summed E-state index contributed by atoms with van der Waals surface area (Å²) in [6.07, 6.45) is 0.360. The van der Waals surface area contributed by atoms with Gasteiger partial charge in [0.2, 0.25) is 5.91 Å². The number of anilines is 1. The summed E-state index contributed by atoms with van der Waals surface area (Å²) in [5.74, 6) is 0.0868. The van der Waals surface area contributed by atoms with Crippen molar-refractivity contribution in [1.82, 2.24) is 10.2 Å². The topological polar surface area (TPSA) is 61.4 Å². The number of carbonyl (C=O) groups excluding carboxylic acids is 2. The van der Waals surface area contributed by atoms with E-state index in [1.807, 2.05) is 56.9 Å². The molecule has 0 spiro atoms. The lowest BCUT2D eigenvalue weighted by Crippen LogP contribution is -2.45. The van der Waals surface area contributed by atoms with E-state index in [9.17, 15) is 9.59 Å². The number of hydrogen-bond donors (Lipinski definition) is 2. The quantitative estimate of drug-likeness (QED) is 0.879. The highest BCUT2D eigenvalue weighted by atomic mass is 16.2. The normalized spacial score (nSPS) is 18.8. The van der Waals surface area contributed by atoms with Crippen molar-refractivity contribution >= 4 is 17.6 Å². The van der Waals surface area contributed by atoms with Gasteiger partial charge in [0.05, 0.1) is 6.04 Å². The predicted molar refractivity (Wildman–Crippen MR) is 83.2 cm³/mol. The maximum atomic E-state index is 12.0. The van der Waals surface area contributed by atoms with Crippen molar-refractivity contribution in [3.05, 3.63) is 29.8 Å². The first-order chi connectivity index (χ1) is 9.77. The van der Waals surface area contributed by atoms with E-state index in [4.69, 9.17) is 0 Å². The van der Waals surface area contributed by atoms with Gasteiger partial charge in [0.25, 0.3) is 0 Å². The van der Waals surface area contributed by atoms with Gasteiger partial charge in [-0.15, -0.1) is 0 Å². The average Bonchev–Trinajstić information content (AvgIpc) is 2.73. The number of rotatable bonds is 2. The fourth-order valence-electron chi connectivity index (χ4n) is 2.51. The Morgan fingerprint density at radius 3 is 2.52 bits per heavy atom. The lowest BCUT2D eigenvalue weighted by molar-refractivity contribution is -0.131. The Morgan fingerprint density at radius 2 is 1.95 bits per heavy atom. The van der Waals surface area contributed by atoms with E-state index < -0.39 is 0 Å². The number of nitrogens with zero attached hydrogens (tertiary/aromatic N) is 1. The van der Waals surface area contributed by atoms with Gasteiger partial charge in [-0.05, 0) is 39.3 Å². The van der Waals surface area contributed by atoms with Crippen LogP contribution in [0.25, 0.3) is 0 Å². The second kappa shape index (κ2) is 5.76. The van der Waals surface area contributed by atoms with Gasteiger partial charge in [0.15, 0.2) is 0 Å². The highest BCUT2D eigenvalue weighted by Gasteiger charge is 2.36. The molecule has 1 aliphatic heterocycles. The van der Waals surface area contributed by atoms with E-state index in [1.54, 1.807) is 0 Å². The molecule has 5 nitrogen and oxygen atoms in total. The first-order valence-corrected chi connectivity index (χ1v) is 7.21. The highest BCUT2D eigenvalue weighted by molar-refractivity contribution is 5.91. The Morgan fingerprint density at radius 1 is 1.29 bits per heavy atom. The average molecular weight is 289 g/mol. The lowest BCUT2D eigenvalue weighted by atomic mass is 10.1. The summed E-state index contributed by atoms with van der Waals surface area (Å²) >= 11 is 0. The van der Waals surface area contributed by atoms with E-state index in [0.29, 0.717) is 13.0 Å². The Balaban J connectivity index is 1.93. The number of carbonyl (C=O) groups is 2. The van der Waals surface area contributed by atoms with Crippen molar-refractivity contribution < 1.29 is 9.59 Å². The maximum Gasteiger partial charge on any atom is 0.319 e. The molecule has 3 amide bonds. The monoisotopic (exact) mass is 289 g/mol. The molecule has 0 saturated carbocycles. The van der Waals surface area contributed by atoms with Crippen molar-refractivity contribution in [2.45, 2.75) is 45.7 Å².